The van der Waals surface area contributed by atoms with Crippen molar-refractivity contribution in [1.29, 1.82) is 0 Å². The predicted octanol–water partition coefficient (Wildman–Crippen LogP) is 19.6. The minimum atomic E-state index is -0.673. The number of aliphatic hydroxyl groups is 2. The molecular formula is C62H115NO3. The second-order valence-corrected chi connectivity index (χ2v) is 20.0. The lowest BCUT2D eigenvalue weighted by molar-refractivity contribution is -0.123. The van der Waals surface area contributed by atoms with Gasteiger partial charge >= 0.3 is 0 Å². The topological polar surface area (TPSA) is 69.6 Å². The largest absolute Gasteiger partial charge is 0.394 e. The molecule has 0 rings (SSSR count). The maximum atomic E-state index is 12.5. The molecule has 0 aromatic heterocycles. The van der Waals surface area contributed by atoms with Gasteiger partial charge < -0.3 is 15.5 Å². The van der Waals surface area contributed by atoms with Gasteiger partial charge in [-0.25, -0.2) is 0 Å². The van der Waals surface area contributed by atoms with Gasteiger partial charge in [0.1, 0.15) is 0 Å². The summed E-state index contributed by atoms with van der Waals surface area (Å²) in [5.74, 6) is -0.0481. The molecular weight excluding hydrogens is 807 g/mol. The molecule has 0 saturated heterocycles. The molecule has 0 fully saturated rings. The van der Waals surface area contributed by atoms with Gasteiger partial charge in [-0.1, -0.05) is 306 Å². The highest BCUT2D eigenvalue weighted by molar-refractivity contribution is 5.76. The summed E-state index contributed by atoms with van der Waals surface area (Å²) < 4.78 is 0. The number of carbonyl (C=O) groups is 1. The molecule has 3 N–H and O–H groups in total. The second kappa shape index (κ2) is 57.4. The first-order valence-electron chi connectivity index (χ1n) is 29.5. The third-order valence-corrected chi connectivity index (χ3v) is 13.5. The van der Waals surface area contributed by atoms with E-state index in [9.17, 15) is 15.0 Å². The molecule has 0 spiro atoms. The molecule has 0 bridgehead atoms. The lowest BCUT2D eigenvalue weighted by Gasteiger charge is -2.22. The number of rotatable bonds is 54. The summed E-state index contributed by atoms with van der Waals surface area (Å²) in [6, 6.07) is -0.552. The average Bonchev–Trinajstić information content (AvgIpc) is 3.32. The van der Waals surface area contributed by atoms with Gasteiger partial charge in [0.2, 0.25) is 5.91 Å². The summed E-state index contributed by atoms with van der Waals surface area (Å²) in [5, 5.41) is 23.3. The number of unbranched alkanes of at least 4 members (excludes halogenated alkanes) is 37. The number of hydrogen-bond donors (Lipinski definition) is 3. The molecule has 0 aliphatic carbocycles. The van der Waals surface area contributed by atoms with Crippen LogP contribution in [0.4, 0.5) is 0 Å². The maximum Gasteiger partial charge on any atom is 0.220 e. The van der Waals surface area contributed by atoms with Crippen molar-refractivity contribution in [2.45, 2.75) is 321 Å². The zero-order valence-corrected chi connectivity index (χ0v) is 44.5. The fourth-order valence-corrected chi connectivity index (χ4v) is 9.10. The van der Waals surface area contributed by atoms with Crippen molar-refractivity contribution >= 4 is 5.91 Å². The molecule has 0 saturated carbocycles. The Bertz CT molecular complexity index is 1090. The van der Waals surface area contributed by atoms with Crippen molar-refractivity contribution in [1.82, 2.24) is 5.32 Å². The van der Waals surface area contributed by atoms with E-state index in [1.54, 1.807) is 0 Å². The Morgan fingerprint density at radius 1 is 0.379 bits per heavy atom. The van der Waals surface area contributed by atoms with Crippen molar-refractivity contribution in [3.8, 4) is 0 Å². The lowest BCUT2D eigenvalue weighted by atomic mass is 10.0. The van der Waals surface area contributed by atoms with Crippen molar-refractivity contribution < 1.29 is 15.0 Å². The van der Waals surface area contributed by atoms with Crippen molar-refractivity contribution in [2.75, 3.05) is 6.61 Å². The number of carbonyl (C=O) groups excluding carboxylic acids is 1. The van der Waals surface area contributed by atoms with E-state index in [4.69, 9.17) is 0 Å². The molecule has 2 atom stereocenters. The standard InChI is InChI=1S/C62H115NO3/c1-3-5-7-9-11-13-15-17-19-21-23-25-26-27-28-29-30-31-32-33-34-35-36-38-39-41-43-45-47-49-51-53-55-57-61(65)60(59-64)63-62(66)58-56-54-52-50-48-46-44-42-40-37-24-22-20-18-16-14-12-10-8-6-4-2/h6,8,12,14,18,20,24,37,42,44,60-61,64-65H,3-5,7,9-11,13,15-17,19,21-23,25-36,38-41,43,45-59H2,1-2H3,(H,63,66)/b8-6-,14-12-,20-18-,37-24-,44-42-. The average molecular weight is 923 g/mol. The van der Waals surface area contributed by atoms with Crippen molar-refractivity contribution in [3.05, 3.63) is 60.8 Å². The normalized spacial score (nSPS) is 13.2. The van der Waals surface area contributed by atoms with Crippen molar-refractivity contribution in [2.24, 2.45) is 0 Å². The highest BCUT2D eigenvalue weighted by atomic mass is 16.3. The van der Waals surface area contributed by atoms with Gasteiger partial charge in [0.15, 0.2) is 0 Å². The zero-order valence-electron chi connectivity index (χ0n) is 44.5. The van der Waals surface area contributed by atoms with Crippen LogP contribution in [0.3, 0.4) is 0 Å². The molecule has 1 amide bonds. The van der Waals surface area contributed by atoms with Crippen LogP contribution in [-0.4, -0.2) is 34.9 Å². The minimum absolute atomic E-state index is 0.0481. The summed E-state index contributed by atoms with van der Waals surface area (Å²) >= 11 is 0. The molecule has 66 heavy (non-hydrogen) atoms. The number of aliphatic hydroxyl groups excluding tert-OH is 2. The number of nitrogens with one attached hydrogen (secondary N) is 1. The van der Waals surface area contributed by atoms with Crippen LogP contribution in [-0.2, 0) is 4.79 Å². The van der Waals surface area contributed by atoms with Gasteiger partial charge in [-0.3, -0.25) is 4.79 Å². The molecule has 0 heterocycles. The van der Waals surface area contributed by atoms with E-state index in [1.165, 1.54) is 212 Å². The highest BCUT2D eigenvalue weighted by Gasteiger charge is 2.20. The second-order valence-electron chi connectivity index (χ2n) is 20.0. The Hall–Kier alpha value is -1.91. The minimum Gasteiger partial charge on any atom is -0.394 e. The molecule has 386 valence electrons. The molecule has 0 aliphatic heterocycles. The van der Waals surface area contributed by atoms with E-state index >= 15 is 0 Å². The van der Waals surface area contributed by atoms with E-state index in [1.807, 2.05) is 0 Å². The van der Waals surface area contributed by atoms with Gasteiger partial charge in [-0.05, 0) is 57.8 Å². The smallest absolute Gasteiger partial charge is 0.220 e. The van der Waals surface area contributed by atoms with E-state index < -0.39 is 12.1 Å². The van der Waals surface area contributed by atoms with E-state index in [0.717, 1.165) is 70.6 Å². The van der Waals surface area contributed by atoms with E-state index in [-0.39, 0.29) is 12.5 Å². The fraction of sp³-hybridized carbons (Fsp3) is 0.823. The number of allylic oxidation sites excluding steroid dienone is 10. The Labute approximate surface area is 413 Å². The first-order chi connectivity index (χ1) is 32.7. The first kappa shape index (κ1) is 64.1. The van der Waals surface area contributed by atoms with Gasteiger partial charge in [-0.15, -0.1) is 0 Å². The lowest BCUT2D eigenvalue weighted by Crippen LogP contribution is -2.45. The SMILES string of the molecule is CC/C=C\C/C=C\C/C=C\C/C=C\C/C=C\CCCCCCCC(=O)NC(CO)C(O)CCCCCCCCCCCCCCCCCCCCCCCCCCCCCCCCCCC. The third-order valence-electron chi connectivity index (χ3n) is 13.5. The van der Waals surface area contributed by atoms with E-state index in [0.29, 0.717) is 12.8 Å². The van der Waals surface area contributed by atoms with Crippen LogP contribution in [0.15, 0.2) is 60.8 Å². The molecule has 4 heteroatoms. The van der Waals surface area contributed by atoms with Gasteiger partial charge in [-0.2, -0.15) is 0 Å². The van der Waals surface area contributed by atoms with Crippen LogP contribution in [0.2, 0.25) is 0 Å². The first-order valence-corrected chi connectivity index (χ1v) is 29.5. The molecule has 0 aromatic carbocycles. The van der Waals surface area contributed by atoms with Crippen LogP contribution >= 0.6 is 0 Å². The van der Waals surface area contributed by atoms with Gasteiger partial charge in [0.05, 0.1) is 18.8 Å². The summed E-state index contributed by atoms with van der Waals surface area (Å²) in [5.41, 5.74) is 0. The third kappa shape index (κ3) is 53.1. The monoisotopic (exact) mass is 922 g/mol. The Morgan fingerprint density at radius 2 is 0.667 bits per heavy atom. The molecule has 0 aliphatic rings. The Kier molecular flexibility index (Phi) is 55.7. The van der Waals surface area contributed by atoms with Gasteiger partial charge in [0, 0.05) is 6.42 Å². The van der Waals surface area contributed by atoms with Crippen LogP contribution in [0.5, 0.6) is 0 Å². The molecule has 4 nitrogen and oxygen atoms in total. The van der Waals surface area contributed by atoms with Crippen LogP contribution in [0.1, 0.15) is 309 Å². The number of hydrogen-bond acceptors (Lipinski definition) is 3. The maximum absolute atomic E-state index is 12.5. The van der Waals surface area contributed by atoms with Crippen LogP contribution in [0.25, 0.3) is 0 Å². The fourth-order valence-electron chi connectivity index (χ4n) is 9.10. The molecule has 0 aromatic rings. The summed E-state index contributed by atoms with van der Waals surface area (Å²) in [7, 11) is 0. The summed E-state index contributed by atoms with van der Waals surface area (Å²) in [6.45, 7) is 4.26. The molecule has 0 radical (unpaired) electrons. The summed E-state index contributed by atoms with van der Waals surface area (Å²) in [6.07, 6.45) is 80.8. The molecule has 2 unspecified atom stereocenters. The highest BCUT2D eigenvalue weighted by Crippen LogP contribution is 2.18. The summed E-state index contributed by atoms with van der Waals surface area (Å²) in [4.78, 5) is 12.5. The van der Waals surface area contributed by atoms with Crippen LogP contribution in [0, 0.1) is 0 Å². The Morgan fingerprint density at radius 3 is 1.00 bits per heavy atom. The van der Waals surface area contributed by atoms with Crippen molar-refractivity contribution in [3.63, 3.8) is 0 Å². The zero-order chi connectivity index (χ0) is 47.7. The van der Waals surface area contributed by atoms with E-state index in [2.05, 4.69) is 79.9 Å². The predicted molar refractivity (Wildman–Crippen MR) is 294 cm³/mol. The van der Waals surface area contributed by atoms with Crippen LogP contribution < -0.4 is 5.32 Å². The van der Waals surface area contributed by atoms with Gasteiger partial charge in [0.25, 0.3) is 0 Å². The Balaban J connectivity index is 3.45. The quantitative estimate of drug-likeness (QED) is 0.0420. The number of amides is 1.